The monoisotopic (exact) mass is 229 g/mol. The maximum Gasteiger partial charge on any atom is 0.232 e. The molecule has 0 saturated heterocycles. The molecule has 0 N–H and O–H groups in total. The highest BCUT2D eigenvalue weighted by molar-refractivity contribution is 5.60. The van der Waals surface area contributed by atoms with E-state index in [4.69, 9.17) is 10.00 Å². The molecule has 4 nitrogen and oxygen atoms in total. The molecule has 1 heterocycles. The van der Waals surface area contributed by atoms with Crippen molar-refractivity contribution in [3.8, 4) is 23.2 Å². The third-order valence-corrected chi connectivity index (χ3v) is 2.21. The lowest BCUT2D eigenvalue weighted by atomic mass is 10.1. The lowest BCUT2D eigenvalue weighted by molar-refractivity contribution is 0.396. The number of methoxy groups -OCH3 is 1. The number of rotatable bonds is 2. The van der Waals surface area contributed by atoms with Crippen LogP contribution in [0, 0.1) is 17.1 Å². The van der Waals surface area contributed by atoms with Crippen LogP contribution in [0.4, 0.5) is 4.39 Å². The maximum absolute atomic E-state index is 13.4. The Morgan fingerprint density at radius 2 is 2.18 bits per heavy atom. The molecule has 17 heavy (non-hydrogen) atoms. The Bertz CT molecular complexity index is 593. The van der Waals surface area contributed by atoms with Gasteiger partial charge < -0.3 is 4.74 Å². The van der Waals surface area contributed by atoms with Crippen LogP contribution in [0.3, 0.4) is 0 Å². The number of ether oxygens (including phenoxy) is 1. The lowest BCUT2D eigenvalue weighted by Crippen LogP contribution is -1.93. The van der Waals surface area contributed by atoms with Gasteiger partial charge in [0.2, 0.25) is 5.88 Å². The summed E-state index contributed by atoms with van der Waals surface area (Å²) in [5, 5.41) is 8.62. The molecule has 0 amide bonds. The second-order valence-electron chi connectivity index (χ2n) is 3.25. The van der Waals surface area contributed by atoms with Gasteiger partial charge in [0.25, 0.3) is 0 Å². The van der Waals surface area contributed by atoms with E-state index < -0.39 is 5.82 Å². The molecule has 1 aromatic heterocycles. The summed E-state index contributed by atoms with van der Waals surface area (Å²) in [6, 6.07) is 6.04. The Morgan fingerprint density at radius 1 is 1.35 bits per heavy atom. The van der Waals surface area contributed by atoms with E-state index >= 15 is 0 Å². The molecular formula is C12H8FN3O. The number of hydrogen-bond acceptors (Lipinski definition) is 4. The normalized spacial score (nSPS) is 9.71. The smallest absolute Gasteiger partial charge is 0.232 e. The Labute approximate surface area is 97.3 Å². The van der Waals surface area contributed by atoms with E-state index in [1.807, 2.05) is 0 Å². The molecule has 1 aromatic carbocycles. The van der Waals surface area contributed by atoms with Gasteiger partial charge in [0.05, 0.1) is 30.8 Å². The first-order valence-corrected chi connectivity index (χ1v) is 4.80. The molecule has 0 bridgehead atoms. The van der Waals surface area contributed by atoms with Crippen LogP contribution in [-0.4, -0.2) is 17.1 Å². The fraction of sp³-hybridized carbons (Fsp3) is 0.0833. The Balaban J connectivity index is 2.46. The maximum atomic E-state index is 13.4. The standard InChI is InChI=1S/C12H8FN3O/c1-17-12-7-15-6-11(16-12)8-2-3-9(5-14)10(13)4-8/h2-4,6-7H,1H3. The Kier molecular flexibility index (Phi) is 2.97. The zero-order valence-corrected chi connectivity index (χ0v) is 9.01. The summed E-state index contributed by atoms with van der Waals surface area (Å²) in [5.74, 6) is -0.220. The van der Waals surface area contributed by atoms with E-state index in [9.17, 15) is 4.39 Å². The molecule has 0 aliphatic heterocycles. The molecule has 0 saturated carbocycles. The van der Waals surface area contributed by atoms with Crippen LogP contribution in [0.25, 0.3) is 11.3 Å². The molecule has 2 rings (SSSR count). The number of aromatic nitrogens is 2. The summed E-state index contributed by atoms with van der Waals surface area (Å²) in [4.78, 5) is 8.05. The van der Waals surface area contributed by atoms with Gasteiger partial charge in [0.1, 0.15) is 11.9 Å². The predicted molar refractivity (Wildman–Crippen MR) is 58.7 cm³/mol. The van der Waals surface area contributed by atoms with Crippen molar-refractivity contribution < 1.29 is 9.13 Å². The van der Waals surface area contributed by atoms with Gasteiger partial charge >= 0.3 is 0 Å². The van der Waals surface area contributed by atoms with Crippen LogP contribution in [0.2, 0.25) is 0 Å². The van der Waals surface area contributed by atoms with Crippen LogP contribution in [0.15, 0.2) is 30.6 Å². The molecule has 0 aliphatic rings. The molecule has 0 atom stereocenters. The topological polar surface area (TPSA) is 58.8 Å². The van der Waals surface area contributed by atoms with Crippen molar-refractivity contribution in [1.29, 1.82) is 5.26 Å². The highest BCUT2D eigenvalue weighted by Gasteiger charge is 2.06. The molecule has 0 spiro atoms. The Hall–Kier alpha value is -2.48. The second kappa shape index (κ2) is 4.58. The van der Waals surface area contributed by atoms with E-state index in [1.165, 1.54) is 31.6 Å². The van der Waals surface area contributed by atoms with Crippen molar-refractivity contribution in [2.75, 3.05) is 7.11 Å². The van der Waals surface area contributed by atoms with Gasteiger partial charge in [0.15, 0.2) is 0 Å². The van der Waals surface area contributed by atoms with Crippen molar-refractivity contribution >= 4 is 0 Å². The van der Waals surface area contributed by atoms with Crippen LogP contribution < -0.4 is 4.74 Å². The van der Waals surface area contributed by atoms with Gasteiger partial charge in [-0.15, -0.1) is 0 Å². The minimum atomic E-state index is -0.574. The van der Waals surface area contributed by atoms with Crippen LogP contribution in [0.5, 0.6) is 5.88 Å². The van der Waals surface area contributed by atoms with Crippen LogP contribution in [-0.2, 0) is 0 Å². The van der Waals surface area contributed by atoms with Gasteiger partial charge in [-0.25, -0.2) is 9.37 Å². The summed E-state index contributed by atoms with van der Waals surface area (Å²) < 4.78 is 18.3. The third kappa shape index (κ3) is 2.21. The van der Waals surface area contributed by atoms with E-state index in [2.05, 4.69) is 9.97 Å². The number of benzene rings is 1. The van der Waals surface area contributed by atoms with Crippen molar-refractivity contribution in [3.05, 3.63) is 42.0 Å². The van der Waals surface area contributed by atoms with Gasteiger partial charge in [0, 0.05) is 5.56 Å². The van der Waals surface area contributed by atoms with Gasteiger partial charge in [-0.3, -0.25) is 4.98 Å². The molecule has 5 heteroatoms. The number of nitriles is 1. The summed E-state index contributed by atoms with van der Waals surface area (Å²) in [6.45, 7) is 0. The molecule has 0 radical (unpaired) electrons. The zero-order valence-electron chi connectivity index (χ0n) is 9.01. The summed E-state index contributed by atoms with van der Waals surface area (Å²) in [7, 11) is 1.48. The minimum Gasteiger partial charge on any atom is -0.480 e. The van der Waals surface area contributed by atoms with E-state index in [1.54, 1.807) is 12.1 Å². The van der Waals surface area contributed by atoms with Crippen molar-refractivity contribution in [2.45, 2.75) is 0 Å². The van der Waals surface area contributed by atoms with Gasteiger partial charge in [-0.05, 0) is 12.1 Å². The largest absolute Gasteiger partial charge is 0.480 e. The first kappa shape index (κ1) is 11.0. The van der Waals surface area contributed by atoms with E-state index in [0.29, 0.717) is 17.1 Å². The van der Waals surface area contributed by atoms with E-state index in [-0.39, 0.29) is 5.56 Å². The average molecular weight is 229 g/mol. The highest BCUT2D eigenvalue weighted by Crippen LogP contribution is 2.20. The first-order chi connectivity index (χ1) is 8.24. The zero-order chi connectivity index (χ0) is 12.3. The van der Waals surface area contributed by atoms with Crippen LogP contribution in [0.1, 0.15) is 5.56 Å². The average Bonchev–Trinajstić information content (AvgIpc) is 2.38. The van der Waals surface area contributed by atoms with Crippen molar-refractivity contribution in [1.82, 2.24) is 9.97 Å². The van der Waals surface area contributed by atoms with Crippen molar-refractivity contribution in [2.24, 2.45) is 0 Å². The van der Waals surface area contributed by atoms with E-state index in [0.717, 1.165) is 0 Å². The molecule has 0 fully saturated rings. The minimum absolute atomic E-state index is 0.00426. The summed E-state index contributed by atoms with van der Waals surface area (Å²) in [5.41, 5.74) is 1.05. The third-order valence-electron chi connectivity index (χ3n) is 2.21. The highest BCUT2D eigenvalue weighted by atomic mass is 19.1. The van der Waals surface area contributed by atoms with Gasteiger partial charge in [-0.1, -0.05) is 6.07 Å². The Morgan fingerprint density at radius 3 is 2.82 bits per heavy atom. The quantitative estimate of drug-likeness (QED) is 0.791. The predicted octanol–water partition coefficient (Wildman–Crippen LogP) is 2.16. The fourth-order valence-corrected chi connectivity index (χ4v) is 1.35. The first-order valence-electron chi connectivity index (χ1n) is 4.80. The molecule has 2 aromatic rings. The number of hydrogen-bond donors (Lipinski definition) is 0. The fourth-order valence-electron chi connectivity index (χ4n) is 1.35. The second-order valence-corrected chi connectivity index (χ2v) is 3.25. The number of halogens is 1. The SMILES string of the molecule is COc1cncc(-c2ccc(C#N)c(F)c2)n1. The summed E-state index contributed by atoms with van der Waals surface area (Å²) in [6.07, 6.45) is 2.97. The molecular weight excluding hydrogens is 221 g/mol. The lowest BCUT2D eigenvalue weighted by Gasteiger charge is -2.03. The molecule has 84 valence electrons. The molecule has 0 aliphatic carbocycles. The molecule has 0 unspecified atom stereocenters. The van der Waals surface area contributed by atoms with Crippen LogP contribution >= 0.6 is 0 Å². The summed E-state index contributed by atoms with van der Waals surface area (Å²) >= 11 is 0. The number of nitrogens with zero attached hydrogens (tertiary/aromatic N) is 3. The van der Waals surface area contributed by atoms with Gasteiger partial charge in [-0.2, -0.15) is 5.26 Å². The van der Waals surface area contributed by atoms with Crippen molar-refractivity contribution in [3.63, 3.8) is 0 Å².